The Morgan fingerprint density at radius 3 is 2.85 bits per heavy atom. The van der Waals surface area contributed by atoms with E-state index in [1.165, 1.54) is 5.57 Å². The van der Waals surface area contributed by atoms with Crippen LogP contribution >= 0.6 is 0 Å². The third kappa shape index (κ3) is 2.83. The Labute approximate surface area is 152 Å². The molecule has 0 bridgehead atoms. The van der Waals surface area contributed by atoms with Crippen LogP contribution in [0.4, 0.5) is 0 Å². The van der Waals surface area contributed by atoms with Crippen molar-refractivity contribution >= 4 is 0 Å². The lowest BCUT2D eigenvalue weighted by atomic mass is 9.89. The molecule has 0 saturated carbocycles. The molecule has 2 aliphatic rings. The van der Waals surface area contributed by atoms with Crippen LogP contribution in [0.2, 0.25) is 0 Å². The molecule has 1 N–H and O–H groups in total. The van der Waals surface area contributed by atoms with Gasteiger partial charge in [0.25, 0.3) is 0 Å². The lowest BCUT2D eigenvalue weighted by Gasteiger charge is -2.29. The summed E-state index contributed by atoms with van der Waals surface area (Å²) in [5.74, 6) is 3.06. The van der Waals surface area contributed by atoms with Gasteiger partial charge in [0.1, 0.15) is 41.5 Å². The highest BCUT2D eigenvalue weighted by molar-refractivity contribution is 5.57. The summed E-state index contributed by atoms with van der Waals surface area (Å²) >= 11 is 0. The highest BCUT2D eigenvalue weighted by Gasteiger charge is 2.43. The maximum Gasteiger partial charge on any atom is 0.141 e. The number of phenolic OH excluding ortho intramolecular Hbond substituents is 1. The lowest BCUT2D eigenvalue weighted by Crippen LogP contribution is -2.23. The molecule has 26 heavy (non-hydrogen) atoms. The van der Waals surface area contributed by atoms with E-state index in [1.807, 2.05) is 38.1 Å². The number of ether oxygens (including phenoxy) is 4. The van der Waals surface area contributed by atoms with Crippen LogP contribution in [0.1, 0.15) is 37.0 Å². The lowest BCUT2D eigenvalue weighted by molar-refractivity contribution is 0.135. The summed E-state index contributed by atoms with van der Waals surface area (Å²) in [7, 11) is 1.63. The Morgan fingerprint density at radius 2 is 2.08 bits per heavy atom. The molecular weight excluding hydrogens is 332 g/mol. The number of methoxy groups -OCH3 is 1. The van der Waals surface area contributed by atoms with Gasteiger partial charge in [-0.05, 0) is 26.0 Å². The number of aromatic hydroxyl groups is 1. The molecule has 136 valence electrons. The highest BCUT2D eigenvalue weighted by atomic mass is 16.5. The average molecular weight is 354 g/mol. The van der Waals surface area contributed by atoms with Gasteiger partial charge in [-0.2, -0.15) is 0 Å². The number of hydrogen-bond acceptors (Lipinski definition) is 5. The van der Waals surface area contributed by atoms with Crippen molar-refractivity contribution in [3.05, 3.63) is 53.1 Å². The van der Waals surface area contributed by atoms with Gasteiger partial charge in [-0.1, -0.05) is 11.6 Å². The zero-order valence-corrected chi connectivity index (χ0v) is 15.1. The van der Waals surface area contributed by atoms with Gasteiger partial charge >= 0.3 is 0 Å². The number of fused-ring (bicyclic) bond motifs is 5. The van der Waals surface area contributed by atoms with Crippen LogP contribution in [0.15, 0.2) is 42.0 Å². The molecule has 0 aliphatic carbocycles. The molecule has 2 heterocycles. The van der Waals surface area contributed by atoms with Gasteiger partial charge in [-0.15, -0.1) is 0 Å². The SMILES string of the molecule is COc1cc(OCC=C(C)C)cc2c1[C@@H]1Oc3cc(O)ccc3[C@@H]1CO2. The number of hydrogen-bond donors (Lipinski definition) is 1. The maximum atomic E-state index is 9.73. The highest BCUT2D eigenvalue weighted by Crippen LogP contribution is 2.54. The Kier molecular flexibility index (Phi) is 4.15. The van der Waals surface area contributed by atoms with E-state index in [4.69, 9.17) is 18.9 Å². The van der Waals surface area contributed by atoms with Gasteiger partial charge in [0.2, 0.25) is 0 Å². The van der Waals surface area contributed by atoms with Crippen molar-refractivity contribution < 1.29 is 24.1 Å². The van der Waals surface area contributed by atoms with Crippen LogP contribution in [0.25, 0.3) is 0 Å². The van der Waals surface area contributed by atoms with Crippen LogP contribution in [0.3, 0.4) is 0 Å². The van der Waals surface area contributed by atoms with Crippen LogP contribution in [-0.4, -0.2) is 25.4 Å². The molecule has 0 spiro atoms. The monoisotopic (exact) mass is 354 g/mol. The fourth-order valence-electron chi connectivity index (χ4n) is 3.46. The van der Waals surface area contributed by atoms with Crippen molar-refractivity contribution in [2.45, 2.75) is 25.9 Å². The molecule has 0 fully saturated rings. The predicted octanol–water partition coefficient (Wildman–Crippen LogP) is 4.36. The zero-order chi connectivity index (χ0) is 18.3. The molecule has 5 nitrogen and oxygen atoms in total. The van der Waals surface area contributed by atoms with E-state index in [1.54, 1.807) is 19.2 Å². The first-order valence-electron chi connectivity index (χ1n) is 8.67. The van der Waals surface area contributed by atoms with Gasteiger partial charge in [-0.3, -0.25) is 0 Å². The first kappa shape index (κ1) is 16.6. The van der Waals surface area contributed by atoms with E-state index in [-0.39, 0.29) is 17.8 Å². The number of allylic oxidation sites excluding steroid dienone is 1. The summed E-state index contributed by atoms with van der Waals surface area (Å²) in [5, 5.41) is 9.73. The molecule has 2 atom stereocenters. The van der Waals surface area contributed by atoms with Crippen LogP contribution in [0, 0.1) is 0 Å². The number of rotatable bonds is 4. The normalized spacial score (nSPS) is 19.3. The maximum absolute atomic E-state index is 9.73. The second-order valence-electron chi connectivity index (χ2n) is 6.81. The minimum Gasteiger partial charge on any atom is -0.508 e. The summed E-state index contributed by atoms with van der Waals surface area (Å²) in [5.41, 5.74) is 3.13. The Bertz CT molecular complexity index is 850. The molecule has 0 amide bonds. The van der Waals surface area contributed by atoms with E-state index < -0.39 is 0 Å². The topological polar surface area (TPSA) is 57.2 Å². The predicted molar refractivity (Wildman–Crippen MR) is 97.6 cm³/mol. The van der Waals surface area contributed by atoms with E-state index >= 15 is 0 Å². The molecule has 0 unspecified atom stereocenters. The average Bonchev–Trinajstić information content (AvgIpc) is 2.98. The van der Waals surface area contributed by atoms with Crippen molar-refractivity contribution in [2.24, 2.45) is 0 Å². The van der Waals surface area contributed by atoms with Crippen LogP contribution in [0.5, 0.6) is 28.7 Å². The van der Waals surface area contributed by atoms with E-state index in [2.05, 4.69) is 0 Å². The van der Waals surface area contributed by atoms with Crippen molar-refractivity contribution in [1.29, 1.82) is 0 Å². The summed E-state index contributed by atoms with van der Waals surface area (Å²) in [4.78, 5) is 0. The molecule has 0 radical (unpaired) electrons. The molecule has 2 aromatic rings. The fourth-order valence-corrected chi connectivity index (χ4v) is 3.46. The zero-order valence-electron chi connectivity index (χ0n) is 15.1. The van der Waals surface area contributed by atoms with Crippen LogP contribution < -0.4 is 18.9 Å². The van der Waals surface area contributed by atoms with E-state index in [9.17, 15) is 5.11 Å². The molecule has 5 heteroatoms. The quantitative estimate of drug-likeness (QED) is 0.827. The van der Waals surface area contributed by atoms with Gasteiger partial charge in [-0.25, -0.2) is 0 Å². The Morgan fingerprint density at radius 1 is 1.23 bits per heavy atom. The first-order chi connectivity index (χ1) is 12.6. The Hall–Kier alpha value is -2.82. The second-order valence-corrected chi connectivity index (χ2v) is 6.81. The summed E-state index contributed by atoms with van der Waals surface area (Å²) < 4.78 is 23.6. The van der Waals surface area contributed by atoms with Crippen molar-refractivity contribution in [3.8, 4) is 28.7 Å². The minimum atomic E-state index is -0.197. The van der Waals surface area contributed by atoms with Gasteiger partial charge in [0.15, 0.2) is 0 Å². The minimum absolute atomic E-state index is 0.0736. The van der Waals surface area contributed by atoms with E-state index in [0.717, 1.165) is 16.9 Å². The molecule has 0 saturated heterocycles. The summed E-state index contributed by atoms with van der Waals surface area (Å²) in [6, 6.07) is 8.98. The number of benzene rings is 2. The van der Waals surface area contributed by atoms with Gasteiger partial charge < -0.3 is 24.1 Å². The van der Waals surface area contributed by atoms with Gasteiger partial charge in [0, 0.05) is 23.8 Å². The summed E-state index contributed by atoms with van der Waals surface area (Å²) in [6.07, 6.45) is 1.82. The molecular formula is C21H22O5. The number of phenols is 1. The molecule has 2 aromatic carbocycles. The van der Waals surface area contributed by atoms with E-state index in [0.29, 0.717) is 30.5 Å². The van der Waals surface area contributed by atoms with Crippen molar-refractivity contribution in [1.82, 2.24) is 0 Å². The second kappa shape index (κ2) is 6.48. The molecule has 4 rings (SSSR count). The van der Waals surface area contributed by atoms with Crippen LogP contribution in [-0.2, 0) is 0 Å². The van der Waals surface area contributed by atoms with Gasteiger partial charge in [0.05, 0.1) is 25.2 Å². The summed E-state index contributed by atoms with van der Waals surface area (Å²) in [6.45, 7) is 5.08. The molecule has 0 aromatic heterocycles. The third-order valence-corrected chi connectivity index (χ3v) is 4.76. The largest absolute Gasteiger partial charge is 0.508 e. The third-order valence-electron chi connectivity index (χ3n) is 4.76. The van der Waals surface area contributed by atoms with Crippen molar-refractivity contribution in [2.75, 3.05) is 20.3 Å². The standard InChI is InChI=1S/C21H22O5/c1-12(2)6-7-24-14-9-18(23-3)20-19(10-14)25-11-16-15-5-4-13(22)8-17(15)26-21(16)20/h4-6,8-10,16,21-22H,7,11H2,1-3H3/t16-,21+/m0/s1. The van der Waals surface area contributed by atoms with Crippen molar-refractivity contribution in [3.63, 3.8) is 0 Å². The first-order valence-corrected chi connectivity index (χ1v) is 8.67. The Balaban J connectivity index is 1.68. The smallest absolute Gasteiger partial charge is 0.141 e. The fraction of sp³-hybridized carbons (Fsp3) is 0.333. The molecule has 2 aliphatic heterocycles.